The molecule has 4 rings (SSSR count). The van der Waals surface area contributed by atoms with Crippen molar-refractivity contribution in [1.29, 1.82) is 0 Å². The van der Waals surface area contributed by atoms with Gasteiger partial charge in [0.1, 0.15) is 5.52 Å². The second kappa shape index (κ2) is 7.47. The molecule has 1 unspecified atom stereocenters. The summed E-state index contributed by atoms with van der Waals surface area (Å²) >= 11 is 6.24. The molecule has 26 heavy (non-hydrogen) atoms. The van der Waals surface area contributed by atoms with Gasteiger partial charge >= 0.3 is 5.69 Å². The van der Waals surface area contributed by atoms with E-state index in [9.17, 15) is 4.79 Å². The summed E-state index contributed by atoms with van der Waals surface area (Å²) in [7, 11) is 0. The number of rotatable bonds is 5. The molecule has 1 saturated heterocycles. The number of H-pyrrole nitrogens is 1. The fourth-order valence-electron chi connectivity index (χ4n) is 3.31. The van der Waals surface area contributed by atoms with E-state index in [2.05, 4.69) is 25.6 Å². The molecule has 8 heteroatoms. The minimum atomic E-state index is -0.220. The van der Waals surface area contributed by atoms with Crippen molar-refractivity contribution in [3.63, 3.8) is 0 Å². The van der Waals surface area contributed by atoms with E-state index in [4.69, 9.17) is 11.6 Å². The number of aromatic amines is 1. The Balaban J connectivity index is 1.58. The van der Waals surface area contributed by atoms with Crippen molar-refractivity contribution in [1.82, 2.24) is 24.8 Å². The number of fused-ring (bicyclic) bond motifs is 1. The highest BCUT2D eigenvalue weighted by Gasteiger charge is 2.15. The molecule has 1 aliphatic rings. The van der Waals surface area contributed by atoms with Gasteiger partial charge in [-0.15, -0.1) is 0 Å². The highest BCUT2D eigenvalue weighted by molar-refractivity contribution is 6.31. The Hall–Kier alpha value is -2.38. The summed E-state index contributed by atoms with van der Waals surface area (Å²) in [4.78, 5) is 24.0. The van der Waals surface area contributed by atoms with Gasteiger partial charge in [-0.2, -0.15) is 4.98 Å². The van der Waals surface area contributed by atoms with Gasteiger partial charge in [-0.3, -0.25) is 4.57 Å². The Labute approximate surface area is 155 Å². The fourth-order valence-corrected chi connectivity index (χ4v) is 3.50. The maximum Gasteiger partial charge on any atom is 0.328 e. The predicted molar refractivity (Wildman–Crippen MR) is 103 cm³/mol. The number of piperidine rings is 1. The third-order valence-electron chi connectivity index (χ3n) is 4.75. The van der Waals surface area contributed by atoms with Crippen molar-refractivity contribution in [2.75, 3.05) is 25.0 Å². The zero-order valence-electron chi connectivity index (χ0n) is 14.3. The summed E-state index contributed by atoms with van der Waals surface area (Å²) in [6.07, 6.45) is 4.04. The monoisotopic (exact) mass is 372 g/mol. The molecule has 3 N–H and O–H groups in total. The van der Waals surface area contributed by atoms with Crippen molar-refractivity contribution < 1.29 is 0 Å². The molecule has 0 bridgehead atoms. The van der Waals surface area contributed by atoms with Gasteiger partial charge in [-0.25, -0.2) is 9.78 Å². The second-order valence-corrected chi connectivity index (χ2v) is 7.04. The van der Waals surface area contributed by atoms with Gasteiger partial charge in [-0.05, 0) is 43.5 Å². The number of hydrogen-bond acceptors (Lipinski definition) is 5. The van der Waals surface area contributed by atoms with E-state index in [1.54, 1.807) is 10.8 Å². The molecular formula is C18H21ClN6O. The van der Waals surface area contributed by atoms with Crippen molar-refractivity contribution in [3.05, 3.63) is 51.5 Å². The van der Waals surface area contributed by atoms with Crippen molar-refractivity contribution in [2.45, 2.75) is 19.4 Å². The van der Waals surface area contributed by atoms with Crippen LogP contribution in [0.2, 0.25) is 5.02 Å². The number of imidazole rings is 1. The lowest BCUT2D eigenvalue weighted by Crippen LogP contribution is -2.33. The van der Waals surface area contributed by atoms with E-state index in [0.29, 0.717) is 34.6 Å². The zero-order valence-corrected chi connectivity index (χ0v) is 15.1. The quantitative estimate of drug-likeness (QED) is 0.639. The van der Waals surface area contributed by atoms with Crippen LogP contribution in [0.5, 0.6) is 0 Å². The van der Waals surface area contributed by atoms with E-state index in [0.717, 1.165) is 25.2 Å². The average Bonchev–Trinajstić information content (AvgIpc) is 2.97. The standard InChI is InChI=1S/C18H21ClN6O/c19-14-6-2-1-5-13(14)11-25-16-15(23-18(25)26)10-22-17(24-16)21-9-12-4-3-7-20-8-12/h1-2,5-6,10,12,20H,3-4,7-9,11H2,(H,23,26)(H,21,22,24). The smallest absolute Gasteiger partial charge is 0.328 e. The van der Waals surface area contributed by atoms with Crippen LogP contribution in [0.1, 0.15) is 18.4 Å². The number of anilines is 1. The van der Waals surface area contributed by atoms with Crippen LogP contribution in [0, 0.1) is 5.92 Å². The van der Waals surface area contributed by atoms with E-state index < -0.39 is 0 Å². The highest BCUT2D eigenvalue weighted by Crippen LogP contribution is 2.18. The largest absolute Gasteiger partial charge is 0.354 e. The normalized spacial score (nSPS) is 17.5. The number of hydrogen-bond donors (Lipinski definition) is 3. The molecule has 1 fully saturated rings. The summed E-state index contributed by atoms with van der Waals surface area (Å²) in [6, 6.07) is 7.50. The SMILES string of the molecule is O=c1[nH]c2cnc(NCC3CCCNC3)nc2n1Cc1ccccc1Cl. The summed E-state index contributed by atoms with van der Waals surface area (Å²) < 4.78 is 1.59. The van der Waals surface area contributed by atoms with Gasteiger partial charge in [0.2, 0.25) is 5.95 Å². The lowest BCUT2D eigenvalue weighted by Gasteiger charge is -2.22. The molecule has 0 amide bonds. The van der Waals surface area contributed by atoms with Crippen LogP contribution in [-0.4, -0.2) is 39.2 Å². The van der Waals surface area contributed by atoms with Crippen LogP contribution in [0.3, 0.4) is 0 Å². The molecule has 2 aromatic heterocycles. The van der Waals surface area contributed by atoms with Crippen molar-refractivity contribution in [2.24, 2.45) is 5.92 Å². The van der Waals surface area contributed by atoms with Crippen LogP contribution in [0.25, 0.3) is 11.2 Å². The topological polar surface area (TPSA) is 87.6 Å². The minimum Gasteiger partial charge on any atom is -0.354 e. The number of benzene rings is 1. The van der Waals surface area contributed by atoms with Crippen molar-refractivity contribution >= 4 is 28.7 Å². The molecule has 1 aliphatic heterocycles. The lowest BCUT2D eigenvalue weighted by atomic mass is 10.00. The first-order chi connectivity index (χ1) is 12.7. The highest BCUT2D eigenvalue weighted by atomic mass is 35.5. The summed E-state index contributed by atoms with van der Waals surface area (Å²) in [5.74, 6) is 1.11. The lowest BCUT2D eigenvalue weighted by molar-refractivity contribution is 0.392. The van der Waals surface area contributed by atoms with E-state index in [1.807, 2.05) is 24.3 Å². The molecule has 1 aromatic carbocycles. The fraction of sp³-hybridized carbons (Fsp3) is 0.389. The van der Waals surface area contributed by atoms with Crippen LogP contribution in [-0.2, 0) is 6.54 Å². The Bertz CT molecular complexity index is 960. The first kappa shape index (κ1) is 17.1. The molecule has 7 nitrogen and oxygen atoms in total. The number of aromatic nitrogens is 4. The predicted octanol–water partition coefficient (Wildman–Crippen LogP) is 2.23. The van der Waals surface area contributed by atoms with Crippen LogP contribution >= 0.6 is 11.6 Å². The van der Waals surface area contributed by atoms with Crippen LogP contribution in [0.4, 0.5) is 5.95 Å². The molecular weight excluding hydrogens is 352 g/mol. The molecule has 1 atom stereocenters. The van der Waals surface area contributed by atoms with Gasteiger partial charge in [0.15, 0.2) is 5.65 Å². The molecule has 3 aromatic rings. The molecule has 0 spiro atoms. The maximum atomic E-state index is 12.3. The summed E-state index contributed by atoms with van der Waals surface area (Å²) in [5.41, 5.74) is 1.85. The van der Waals surface area contributed by atoms with Gasteiger partial charge in [0.05, 0.1) is 12.7 Å². The van der Waals surface area contributed by atoms with Gasteiger partial charge < -0.3 is 15.6 Å². The number of nitrogens with zero attached hydrogens (tertiary/aromatic N) is 3. The maximum absolute atomic E-state index is 12.3. The van der Waals surface area contributed by atoms with Gasteiger partial charge in [0, 0.05) is 11.6 Å². The average molecular weight is 373 g/mol. The number of nitrogens with one attached hydrogen (secondary N) is 3. The minimum absolute atomic E-state index is 0.220. The Morgan fingerprint density at radius 3 is 3.04 bits per heavy atom. The Kier molecular flexibility index (Phi) is 4.90. The third kappa shape index (κ3) is 3.59. The first-order valence-electron chi connectivity index (χ1n) is 8.84. The molecule has 136 valence electrons. The van der Waals surface area contributed by atoms with Gasteiger partial charge in [-0.1, -0.05) is 29.8 Å². The van der Waals surface area contributed by atoms with Crippen LogP contribution in [0.15, 0.2) is 35.3 Å². The zero-order chi connectivity index (χ0) is 17.9. The summed E-state index contributed by atoms with van der Waals surface area (Å²) in [5, 5.41) is 7.33. The van der Waals surface area contributed by atoms with Gasteiger partial charge in [0.25, 0.3) is 0 Å². The first-order valence-corrected chi connectivity index (χ1v) is 9.22. The Morgan fingerprint density at radius 1 is 1.35 bits per heavy atom. The molecule has 3 heterocycles. The van der Waals surface area contributed by atoms with Crippen LogP contribution < -0.4 is 16.3 Å². The number of halogens is 1. The molecule has 0 saturated carbocycles. The molecule has 0 aliphatic carbocycles. The molecule has 0 radical (unpaired) electrons. The van der Waals surface area contributed by atoms with E-state index >= 15 is 0 Å². The van der Waals surface area contributed by atoms with Crippen molar-refractivity contribution in [3.8, 4) is 0 Å². The summed E-state index contributed by atoms with van der Waals surface area (Å²) in [6.45, 7) is 3.28. The van der Waals surface area contributed by atoms with E-state index in [1.165, 1.54) is 12.8 Å². The Morgan fingerprint density at radius 2 is 2.23 bits per heavy atom. The second-order valence-electron chi connectivity index (χ2n) is 6.63. The third-order valence-corrected chi connectivity index (χ3v) is 5.11. The van der Waals surface area contributed by atoms with E-state index in [-0.39, 0.29) is 5.69 Å².